The normalized spacial score (nSPS) is 27.7. The van der Waals surface area contributed by atoms with Gasteiger partial charge < -0.3 is 4.57 Å². The molecule has 0 atom stereocenters. The fourth-order valence-corrected chi connectivity index (χ4v) is 8.12. The average Bonchev–Trinajstić information content (AvgIpc) is 3.57. The molecule has 9 rings (SSSR count). The summed E-state index contributed by atoms with van der Waals surface area (Å²) in [6, 6.07) is 19.5. The summed E-state index contributed by atoms with van der Waals surface area (Å²) in [6.45, 7) is 4.25. The maximum absolute atomic E-state index is 3.38. The standard InChI is InChI=1S/C16H12N.C15H19.C3H6.Zr/c1-17-15-9-5-4-8-13(15)14-10-11-6-2-3-7-12(11)16(14)17;1-2-4-14(3-1)15-8-11-5-12(9-15)7-13(6-11)10-15;1-3-2;/h2-10H,1H3;3-4,11-13H,1,5-10H2;1-2H3;/q2*-1;;+2. The van der Waals surface area contributed by atoms with Crippen LogP contribution in [0.15, 0.2) is 72.3 Å². The van der Waals surface area contributed by atoms with Crippen molar-refractivity contribution in [2.24, 2.45) is 30.2 Å². The Morgan fingerprint density at radius 2 is 1.50 bits per heavy atom. The van der Waals surface area contributed by atoms with Crippen molar-refractivity contribution in [2.75, 3.05) is 0 Å². The fraction of sp³-hybridized carbons (Fsp3) is 0.412. The maximum Gasteiger partial charge on any atom is 0.00712 e. The summed E-state index contributed by atoms with van der Waals surface area (Å²) in [7, 11) is 2.15. The Morgan fingerprint density at radius 3 is 2.11 bits per heavy atom. The molecule has 0 spiro atoms. The van der Waals surface area contributed by atoms with Crippen molar-refractivity contribution in [3.8, 4) is 0 Å². The van der Waals surface area contributed by atoms with Crippen LogP contribution in [0.5, 0.6) is 0 Å². The van der Waals surface area contributed by atoms with E-state index in [-0.39, 0.29) is 0 Å². The van der Waals surface area contributed by atoms with E-state index in [9.17, 15) is 0 Å². The third-order valence-corrected chi connectivity index (χ3v) is 9.01. The van der Waals surface area contributed by atoms with Crippen molar-refractivity contribution in [3.63, 3.8) is 0 Å². The van der Waals surface area contributed by atoms with E-state index in [0.29, 0.717) is 5.41 Å². The molecule has 0 N–H and O–H groups in total. The number of hydrogen-bond donors (Lipinski definition) is 0. The van der Waals surface area contributed by atoms with Gasteiger partial charge in [-0.1, -0.05) is 77.2 Å². The Morgan fingerprint density at radius 1 is 0.917 bits per heavy atom. The van der Waals surface area contributed by atoms with E-state index in [1.54, 1.807) is 49.1 Å². The molecule has 1 aromatic heterocycles. The number of nitrogens with zero attached hydrogens (tertiary/aromatic N) is 1. The summed E-state index contributed by atoms with van der Waals surface area (Å²) in [5.74, 6) is 3.23. The summed E-state index contributed by atoms with van der Waals surface area (Å²) in [4.78, 5) is 0. The first-order valence-electron chi connectivity index (χ1n) is 13.7. The quantitative estimate of drug-likeness (QED) is 0.209. The van der Waals surface area contributed by atoms with E-state index < -0.39 is 0 Å². The van der Waals surface area contributed by atoms with Crippen molar-refractivity contribution in [1.29, 1.82) is 0 Å². The maximum atomic E-state index is 3.38. The molecule has 0 aliphatic heterocycles. The zero-order valence-electron chi connectivity index (χ0n) is 22.0. The van der Waals surface area contributed by atoms with Crippen LogP contribution in [0, 0.1) is 29.2 Å². The van der Waals surface area contributed by atoms with Crippen LogP contribution in [0.3, 0.4) is 0 Å². The Hall–Kier alpha value is -1.92. The Bertz CT molecular complexity index is 1440. The minimum atomic E-state index is 0.623. The first-order valence-corrected chi connectivity index (χ1v) is 15.0. The van der Waals surface area contributed by atoms with Gasteiger partial charge in [-0.05, 0) is 48.6 Å². The number of allylic oxidation sites excluding steroid dienone is 4. The average molecular weight is 551 g/mol. The van der Waals surface area contributed by atoms with E-state index in [1.165, 1.54) is 55.0 Å². The molecule has 0 saturated heterocycles. The van der Waals surface area contributed by atoms with Gasteiger partial charge in [-0.15, -0.1) is 23.9 Å². The van der Waals surface area contributed by atoms with Gasteiger partial charge in [0, 0.05) is 12.6 Å². The molecule has 4 bridgehead atoms. The molecule has 2 heteroatoms. The van der Waals surface area contributed by atoms with Crippen LogP contribution >= 0.6 is 0 Å². The second kappa shape index (κ2) is 9.76. The molecule has 1 nitrogen and oxygen atoms in total. The van der Waals surface area contributed by atoms with E-state index in [0.717, 1.165) is 24.2 Å². The second-order valence-electron chi connectivity index (χ2n) is 12.0. The SMILES string of the molecule is C[C](C)=[Zr+2].Cn1c2ccccc2c2[cH-]c3ccccc3c21.[C-]1=CC(C23CC4CC(CC(C4)C2)C3)=CC1. The molecule has 4 aromatic rings. The van der Waals surface area contributed by atoms with Gasteiger partial charge in [-0.2, -0.15) is 11.6 Å². The first kappa shape index (κ1) is 24.4. The molecular formula is C34H37NZr. The molecule has 0 unspecified atom stereocenters. The van der Waals surface area contributed by atoms with Gasteiger partial charge in [0.1, 0.15) is 0 Å². The van der Waals surface area contributed by atoms with Crippen molar-refractivity contribution in [3.05, 3.63) is 78.4 Å². The van der Waals surface area contributed by atoms with E-state index in [2.05, 4.69) is 98.3 Å². The molecule has 36 heavy (non-hydrogen) atoms. The van der Waals surface area contributed by atoms with Crippen molar-refractivity contribution >= 4 is 35.8 Å². The molecular weight excluding hydrogens is 514 g/mol. The van der Waals surface area contributed by atoms with Crippen LogP contribution in [0.25, 0.3) is 32.6 Å². The van der Waals surface area contributed by atoms with Gasteiger partial charge in [0.05, 0.1) is 0 Å². The topological polar surface area (TPSA) is 4.93 Å². The minimum Gasteiger partial charge on any atom is -0.388 e. The van der Waals surface area contributed by atoms with Gasteiger partial charge in [0.15, 0.2) is 0 Å². The second-order valence-corrected chi connectivity index (χ2v) is 14.4. The van der Waals surface area contributed by atoms with Crippen LogP contribution < -0.4 is 0 Å². The zero-order chi connectivity index (χ0) is 24.9. The number of fused-ring (bicyclic) bond motifs is 5. The van der Waals surface area contributed by atoms with Crippen molar-refractivity contribution in [2.45, 2.75) is 58.8 Å². The number of aryl methyl sites for hydroxylation is 1. The summed E-state index contributed by atoms with van der Waals surface area (Å²) < 4.78 is 3.81. The molecule has 4 saturated carbocycles. The van der Waals surface area contributed by atoms with Gasteiger partial charge in [0.25, 0.3) is 0 Å². The Balaban J connectivity index is 0.000000117. The van der Waals surface area contributed by atoms with Crippen molar-refractivity contribution < 1.29 is 24.2 Å². The summed E-state index contributed by atoms with van der Waals surface area (Å²) in [5.41, 5.74) is 4.95. The van der Waals surface area contributed by atoms with Crippen LogP contribution in [0.2, 0.25) is 0 Å². The van der Waals surface area contributed by atoms with E-state index in [4.69, 9.17) is 0 Å². The number of aromatic nitrogens is 1. The molecule has 1 heterocycles. The molecule has 4 fully saturated rings. The van der Waals surface area contributed by atoms with Gasteiger partial charge >= 0.3 is 41.3 Å². The molecule has 0 radical (unpaired) electrons. The van der Waals surface area contributed by atoms with Gasteiger partial charge in [-0.3, -0.25) is 6.08 Å². The summed E-state index contributed by atoms with van der Waals surface area (Å²) in [6.07, 6.45) is 18.4. The third-order valence-electron chi connectivity index (χ3n) is 9.01. The largest absolute Gasteiger partial charge is 0.388 e. The summed E-state index contributed by atoms with van der Waals surface area (Å²) in [5, 5.41) is 5.39. The number of hydrogen-bond acceptors (Lipinski definition) is 0. The molecule has 182 valence electrons. The molecule has 0 amide bonds. The first-order chi connectivity index (χ1) is 17.4. The number of rotatable bonds is 1. The monoisotopic (exact) mass is 549 g/mol. The number of para-hydroxylation sites is 1. The molecule has 3 aromatic carbocycles. The predicted molar refractivity (Wildman–Crippen MR) is 151 cm³/mol. The van der Waals surface area contributed by atoms with E-state index >= 15 is 0 Å². The Labute approximate surface area is 230 Å². The third kappa shape index (κ3) is 4.38. The fourth-order valence-electron chi connectivity index (χ4n) is 8.12. The van der Waals surface area contributed by atoms with E-state index in [1.807, 2.05) is 0 Å². The van der Waals surface area contributed by atoms with Crippen LogP contribution in [-0.2, 0) is 31.3 Å². The zero-order valence-corrected chi connectivity index (χ0v) is 24.4. The van der Waals surface area contributed by atoms with Gasteiger partial charge in [0.2, 0.25) is 0 Å². The van der Waals surface area contributed by atoms with Crippen LogP contribution in [-0.4, -0.2) is 7.77 Å². The molecule has 5 aliphatic rings. The van der Waals surface area contributed by atoms with Crippen LogP contribution in [0.4, 0.5) is 0 Å². The molecule has 5 aliphatic carbocycles. The minimum absolute atomic E-state index is 0.623. The summed E-state index contributed by atoms with van der Waals surface area (Å²) >= 11 is 1.55. The predicted octanol–water partition coefficient (Wildman–Crippen LogP) is 8.84. The Kier molecular flexibility index (Phi) is 6.62. The van der Waals surface area contributed by atoms with Crippen LogP contribution in [0.1, 0.15) is 58.8 Å². The smallest absolute Gasteiger partial charge is 0.00712 e. The van der Waals surface area contributed by atoms with Crippen molar-refractivity contribution in [1.82, 2.24) is 4.57 Å². The number of benzene rings is 2. The van der Waals surface area contributed by atoms with Gasteiger partial charge in [-0.25, -0.2) is 6.08 Å².